The second-order valence-corrected chi connectivity index (χ2v) is 7.06. The molecule has 1 aromatic carbocycles. The molecule has 0 saturated heterocycles. The molecule has 0 atom stereocenters. The first-order valence-corrected chi connectivity index (χ1v) is 9.10. The highest BCUT2D eigenvalue weighted by atomic mass is 19.1. The molecule has 7 nitrogen and oxygen atoms in total. The van der Waals surface area contributed by atoms with Gasteiger partial charge in [-0.05, 0) is 49.6 Å². The van der Waals surface area contributed by atoms with Gasteiger partial charge in [-0.1, -0.05) is 19.9 Å². The number of nitro groups is 1. The molecule has 8 heteroatoms. The molecule has 0 unspecified atom stereocenters. The quantitative estimate of drug-likeness (QED) is 0.496. The fourth-order valence-corrected chi connectivity index (χ4v) is 3.19. The van der Waals surface area contributed by atoms with Crippen LogP contribution in [0.4, 0.5) is 21.5 Å². The van der Waals surface area contributed by atoms with Gasteiger partial charge in [-0.25, -0.2) is 4.39 Å². The van der Waals surface area contributed by atoms with Crippen LogP contribution >= 0.6 is 0 Å². The number of pyridine rings is 2. The standard InChI is InChI=1S/C21H21FN4O3/c1-12(2)18-19(13(3)10-11-23-18)24-16-9-8-14(4)25(21(16)27)20-15(22)6-5-7-17(20)26(28)29/h5-12,24H,1-4H3. The molecule has 1 N–H and O–H groups in total. The number of benzene rings is 1. The fourth-order valence-electron chi connectivity index (χ4n) is 3.19. The van der Waals surface area contributed by atoms with E-state index in [0.29, 0.717) is 11.4 Å². The Hall–Kier alpha value is -3.55. The van der Waals surface area contributed by atoms with Crippen LogP contribution < -0.4 is 10.9 Å². The Kier molecular flexibility index (Phi) is 5.45. The van der Waals surface area contributed by atoms with Crippen molar-refractivity contribution in [3.8, 4) is 5.69 Å². The predicted octanol–water partition coefficient (Wildman–Crippen LogP) is 4.76. The van der Waals surface area contributed by atoms with Crippen molar-refractivity contribution in [1.82, 2.24) is 9.55 Å². The highest BCUT2D eigenvalue weighted by Gasteiger charge is 2.23. The summed E-state index contributed by atoms with van der Waals surface area (Å²) in [5.41, 5.74) is 1.48. The molecule has 0 aliphatic heterocycles. The zero-order valence-corrected chi connectivity index (χ0v) is 16.6. The number of aromatic nitrogens is 2. The van der Waals surface area contributed by atoms with Crippen LogP contribution in [0.15, 0.2) is 47.4 Å². The Morgan fingerprint density at radius 1 is 1.17 bits per heavy atom. The van der Waals surface area contributed by atoms with E-state index in [2.05, 4.69) is 10.3 Å². The highest BCUT2D eigenvalue weighted by molar-refractivity contribution is 5.66. The first-order valence-electron chi connectivity index (χ1n) is 9.10. The minimum Gasteiger partial charge on any atom is -0.349 e. The molecule has 2 heterocycles. The van der Waals surface area contributed by atoms with Gasteiger partial charge < -0.3 is 5.32 Å². The second kappa shape index (κ2) is 7.83. The molecule has 150 valence electrons. The van der Waals surface area contributed by atoms with Crippen LogP contribution in [-0.4, -0.2) is 14.5 Å². The van der Waals surface area contributed by atoms with Crippen molar-refractivity contribution in [3.63, 3.8) is 0 Å². The summed E-state index contributed by atoms with van der Waals surface area (Å²) >= 11 is 0. The van der Waals surface area contributed by atoms with Crippen LogP contribution in [0.25, 0.3) is 5.69 Å². The molecule has 29 heavy (non-hydrogen) atoms. The van der Waals surface area contributed by atoms with Crippen molar-refractivity contribution in [3.05, 3.63) is 85.8 Å². The molecule has 3 aromatic rings. The number of aryl methyl sites for hydroxylation is 2. The van der Waals surface area contributed by atoms with E-state index in [9.17, 15) is 19.3 Å². The molecule has 0 fully saturated rings. The Balaban J connectivity index is 2.22. The lowest BCUT2D eigenvalue weighted by atomic mass is 10.0. The number of halogens is 1. The summed E-state index contributed by atoms with van der Waals surface area (Å²) in [6, 6.07) is 8.52. The third-order valence-corrected chi connectivity index (χ3v) is 4.66. The predicted molar refractivity (Wildman–Crippen MR) is 110 cm³/mol. The molecule has 0 amide bonds. The highest BCUT2D eigenvalue weighted by Crippen LogP contribution is 2.29. The van der Waals surface area contributed by atoms with Gasteiger partial charge in [0.25, 0.3) is 11.2 Å². The van der Waals surface area contributed by atoms with E-state index in [-0.39, 0.29) is 17.3 Å². The number of anilines is 2. The van der Waals surface area contributed by atoms with Crippen molar-refractivity contribution < 1.29 is 9.31 Å². The second-order valence-electron chi connectivity index (χ2n) is 7.06. The molecule has 0 saturated carbocycles. The van der Waals surface area contributed by atoms with E-state index in [1.54, 1.807) is 25.3 Å². The zero-order chi connectivity index (χ0) is 21.3. The first kappa shape index (κ1) is 20.2. The average Bonchev–Trinajstić information content (AvgIpc) is 2.66. The number of hydrogen-bond donors (Lipinski definition) is 1. The minimum absolute atomic E-state index is 0.109. The van der Waals surface area contributed by atoms with Crippen LogP contribution in [0.2, 0.25) is 0 Å². The SMILES string of the molecule is Cc1ccnc(C(C)C)c1Nc1ccc(C)n(-c2c(F)cccc2[N+](=O)[O-])c1=O. The summed E-state index contributed by atoms with van der Waals surface area (Å²) in [5, 5.41) is 14.5. The van der Waals surface area contributed by atoms with E-state index < -0.39 is 22.0 Å². The number of rotatable bonds is 5. The van der Waals surface area contributed by atoms with E-state index in [0.717, 1.165) is 21.9 Å². The van der Waals surface area contributed by atoms with Crippen molar-refractivity contribution in [2.75, 3.05) is 5.32 Å². The summed E-state index contributed by atoms with van der Waals surface area (Å²) in [6.45, 7) is 7.46. The largest absolute Gasteiger partial charge is 0.349 e. The molecular formula is C21H21FN4O3. The van der Waals surface area contributed by atoms with E-state index in [4.69, 9.17) is 0 Å². The van der Waals surface area contributed by atoms with Crippen LogP contribution in [0.1, 0.15) is 36.7 Å². The number of nitrogens with one attached hydrogen (secondary N) is 1. The molecule has 0 spiro atoms. The van der Waals surface area contributed by atoms with Gasteiger partial charge in [0.1, 0.15) is 5.69 Å². The van der Waals surface area contributed by atoms with Gasteiger partial charge in [0, 0.05) is 18.0 Å². The Labute approximate surface area is 167 Å². The maximum atomic E-state index is 14.6. The lowest BCUT2D eigenvalue weighted by Crippen LogP contribution is -2.25. The molecule has 3 rings (SSSR count). The monoisotopic (exact) mass is 396 g/mol. The molecule has 0 bridgehead atoms. The minimum atomic E-state index is -0.845. The topological polar surface area (TPSA) is 90.1 Å². The summed E-state index contributed by atoms with van der Waals surface area (Å²) in [6.07, 6.45) is 1.70. The van der Waals surface area contributed by atoms with Gasteiger partial charge in [0.2, 0.25) is 0 Å². The first-order chi connectivity index (χ1) is 13.7. The number of nitrogens with zero attached hydrogens (tertiary/aromatic N) is 3. The van der Waals surface area contributed by atoms with Crippen molar-refractivity contribution in [2.24, 2.45) is 0 Å². The van der Waals surface area contributed by atoms with Crippen LogP contribution in [0.3, 0.4) is 0 Å². The van der Waals surface area contributed by atoms with Crippen molar-refractivity contribution in [1.29, 1.82) is 0 Å². The molecule has 0 aliphatic carbocycles. The Morgan fingerprint density at radius 2 is 1.90 bits per heavy atom. The molecular weight excluding hydrogens is 375 g/mol. The fraction of sp³-hybridized carbons (Fsp3) is 0.238. The van der Waals surface area contributed by atoms with E-state index in [1.165, 1.54) is 12.1 Å². The molecule has 2 aromatic heterocycles. The Morgan fingerprint density at radius 3 is 2.55 bits per heavy atom. The van der Waals surface area contributed by atoms with Gasteiger partial charge >= 0.3 is 0 Å². The zero-order valence-electron chi connectivity index (χ0n) is 16.6. The number of hydrogen-bond acceptors (Lipinski definition) is 5. The van der Waals surface area contributed by atoms with Gasteiger partial charge in [-0.15, -0.1) is 0 Å². The number of para-hydroxylation sites is 1. The molecule has 0 aliphatic rings. The van der Waals surface area contributed by atoms with Gasteiger partial charge in [-0.2, -0.15) is 0 Å². The summed E-state index contributed by atoms with van der Waals surface area (Å²) in [5.74, 6) is -0.736. The third-order valence-electron chi connectivity index (χ3n) is 4.66. The Bertz CT molecular complexity index is 1160. The van der Waals surface area contributed by atoms with Gasteiger partial charge in [-0.3, -0.25) is 24.5 Å². The maximum Gasteiger partial charge on any atom is 0.296 e. The van der Waals surface area contributed by atoms with Crippen LogP contribution in [0, 0.1) is 29.8 Å². The van der Waals surface area contributed by atoms with E-state index in [1.807, 2.05) is 26.8 Å². The summed E-state index contributed by atoms with van der Waals surface area (Å²) in [7, 11) is 0. The van der Waals surface area contributed by atoms with Crippen molar-refractivity contribution >= 4 is 17.1 Å². The van der Waals surface area contributed by atoms with E-state index >= 15 is 0 Å². The lowest BCUT2D eigenvalue weighted by molar-refractivity contribution is -0.384. The number of nitro benzene ring substituents is 1. The average molecular weight is 396 g/mol. The normalized spacial score (nSPS) is 11.0. The van der Waals surface area contributed by atoms with Crippen LogP contribution in [0.5, 0.6) is 0 Å². The maximum absolute atomic E-state index is 14.6. The van der Waals surface area contributed by atoms with Crippen molar-refractivity contribution in [2.45, 2.75) is 33.6 Å². The van der Waals surface area contributed by atoms with Gasteiger partial charge in [0.15, 0.2) is 11.5 Å². The molecule has 0 radical (unpaired) electrons. The summed E-state index contributed by atoms with van der Waals surface area (Å²) < 4.78 is 15.6. The van der Waals surface area contributed by atoms with Crippen LogP contribution in [-0.2, 0) is 0 Å². The van der Waals surface area contributed by atoms with Gasteiger partial charge in [0.05, 0.1) is 16.3 Å². The smallest absolute Gasteiger partial charge is 0.296 e. The lowest BCUT2D eigenvalue weighted by Gasteiger charge is -2.18. The third kappa shape index (κ3) is 3.73. The summed E-state index contributed by atoms with van der Waals surface area (Å²) in [4.78, 5) is 28.3.